The van der Waals surface area contributed by atoms with E-state index in [9.17, 15) is 4.79 Å². The molecule has 7 nitrogen and oxygen atoms in total. The highest BCUT2D eigenvalue weighted by Gasteiger charge is 2.21. The maximum Gasteiger partial charge on any atom is 0.337 e. The number of pyridine rings is 2. The molecule has 0 atom stereocenters. The number of piperazine rings is 1. The summed E-state index contributed by atoms with van der Waals surface area (Å²) in [6.07, 6.45) is 5.91. The zero-order chi connectivity index (χ0) is 20.2. The van der Waals surface area contributed by atoms with E-state index in [2.05, 4.69) is 14.8 Å². The molecule has 2 aromatic heterocycles. The number of hydrogen-bond donors (Lipinski definition) is 1. The Morgan fingerprint density at radius 3 is 2.69 bits per heavy atom. The van der Waals surface area contributed by atoms with E-state index in [0.717, 1.165) is 79.6 Å². The van der Waals surface area contributed by atoms with Crippen molar-refractivity contribution in [3.63, 3.8) is 0 Å². The second kappa shape index (κ2) is 8.71. The Bertz CT molecular complexity index is 1010. The molecular weight excluding hydrogens is 366 g/mol. The number of unbranched alkanes of at least 4 members (excludes halogenated alkanes) is 1. The van der Waals surface area contributed by atoms with Gasteiger partial charge in [-0.25, -0.2) is 9.78 Å². The third-order valence-corrected chi connectivity index (χ3v) is 5.60. The van der Waals surface area contributed by atoms with Gasteiger partial charge in [-0.2, -0.15) is 0 Å². The number of esters is 1. The highest BCUT2D eigenvalue weighted by Crippen LogP contribution is 2.32. The number of hydrogen-bond acceptors (Lipinski definition) is 7. The zero-order valence-electron chi connectivity index (χ0n) is 16.8. The number of benzene rings is 1. The number of nitrogens with zero attached hydrogens (tertiary/aromatic N) is 4. The first-order valence-corrected chi connectivity index (χ1v) is 10.1. The zero-order valence-corrected chi connectivity index (χ0v) is 16.8. The summed E-state index contributed by atoms with van der Waals surface area (Å²) in [5.74, 6) is 0.603. The average molecular weight is 393 g/mol. The van der Waals surface area contributed by atoms with Crippen LogP contribution in [0, 0.1) is 0 Å². The molecule has 0 aliphatic carbocycles. The van der Waals surface area contributed by atoms with Crippen LogP contribution in [0.5, 0.6) is 0 Å². The van der Waals surface area contributed by atoms with E-state index in [1.165, 1.54) is 7.11 Å². The largest absolute Gasteiger partial charge is 0.465 e. The molecule has 0 amide bonds. The molecule has 29 heavy (non-hydrogen) atoms. The van der Waals surface area contributed by atoms with E-state index in [-0.39, 0.29) is 5.97 Å². The van der Waals surface area contributed by atoms with Gasteiger partial charge in [-0.1, -0.05) is 6.07 Å². The van der Waals surface area contributed by atoms with Crippen molar-refractivity contribution in [1.29, 1.82) is 0 Å². The van der Waals surface area contributed by atoms with Gasteiger partial charge in [-0.15, -0.1) is 0 Å². The van der Waals surface area contributed by atoms with Gasteiger partial charge in [0, 0.05) is 54.7 Å². The van der Waals surface area contributed by atoms with Crippen LogP contribution < -0.4 is 10.6 Å². The number of anilines is 1. The monoisotopic (exact) mass is 393 g/mol. The molecule has 0 radical (unpaired) electrons. The quantitative estimate of drug-likeness (QED) is 0.391. The van der Waals surface area contributed by atoms with E-state index in [0.29, 0.717) is 5.56 Å². The Morgan fingerprint density at radius 1 is 1.10 bits per heavy atom. The highest BCUT2D eigenvalue weighted by molar-refractivity contribution is 6.11. The van der Waals surface area contributed by atoms with E-state index in [1.807, 2.05) is 24.5 Å². The molecule has 0 unspecified atom stereocenters. The average Bonchev–Trinajstić information content (AvgIpc) is 2.78. The Labute approximate surface area is 170 Å². The summed E-state index contributed by atoms with van der Waals surface area (Å²) in [7, 11) is 1.39. The fourth-order valence-corrected chi connectivity index (χ4v) is 3.98. The van der Waals surface area contributed by atoms with Gasteiger partial charge in [0.1, 0.15) is 5.82 Å². The van der Waals surface area contributed by atoms with E-state index >= 15 is 0 Å². The van der Waals surface area contributed by atoms with Crippen LogP contribution in [-0.2, 0) is 4.74 Å². The van der Waals surface area contributed by atoms with E-state index in [1.54, 1.807) is 12.1 Å². The van der Waals surface area contributed by atoms with Gasteiger partial charge >= 0.3 is 5.97 Å². The molecular formula is C22H27N5O2. The number of carbonyl (C=O) groups excluding carboxylic acids is 1. The molecule has 152 valence electrons. The molecule has 1 aliphatic rings. The maximum absolute atomic E-state index is 12.0. The second-order valence-corrected chi connectivity index (χ2v) is 7.40. The number of aromatic nitrogens is 2. The van der Waals surface area contributed by atoms with E-state index in [4.69, 9.17) is 15.5 Å². The van der Waals surface area contributed by atoms with Crippen molar-refractivity contribution < 1.29 is 9.53 Å². The number of rotatable bonds is 6. The number of ether oxygens (including phenoxy) is 1. The van der Waals surface area contributed by atoms with Gasteiger partial charge in [0.2, 0.25) is 0 Å². The maximum atomic E-state index is 12.0. The van der Waals surface area contributed by atoms with Crippen molar-refractivity contribution in [2.75, 3.05) is 51.3 Å². The van der Waals surface area contributed by atoms with Crippen LogP contribution in [0.1, 0.15) is 23.2 Å². The van der Waals surface area contributed by atoms with Crippen LogP contribution >= 0.6 is 0 Å². The van der Waals surface area contributed by atoms with Crippen LogP contribution in [0.15, 0.2) is 36.7 Å². The predicted molar refractivity (Wildman–Crippen MR) is 115 cm³/mol. The molecule has 0 spiro atoms. The molecule has 7 heteroatoms. The summed E-state index contributed by atoms with van der Waals surface area (Å²) < 4.78 is 4.87. The Balaban J connectivity index is 1.67. The van der Waals surface area contributed by atoms with Gasteiger partial charge in [-0.3, -0.25) is 9.88 Å². The number of nitrogens with two attached hydrogens (primary N) is 1. The molecule has 2 N–H and O–H groups in total. The summed E-state index contributed by atoms with van der Waals surface area (Å²) in [6.45, 7) is 5.74. The summed E-state index contributed by atoms with van der Waals surface area (Å²) in [6, 6.07) is 7.54. The number of methoxy groups -OCH3 is 1. The van der Waals surface area contributed by atoms with Crippen LogP contribution in [0.2, 0.25) is 0 Å². The third kappa shape index (κ3) is 4.02. The Morgan fingerprint density at radius 2 is 1.93 bits per heavy atom. The Hall–Kier alpha value is -2.77. The topological polar surface area (TPSA) is 84.6 Å². The molecule has 0 bridgehead atoms. The molecule has 3 aromatic rings. The van der Waals surface area contributed by atoms with Gasteiger partial charge in [0.15, 0.2) is 0 Å². The highest BCUT2D eigenvalue weighted by atomic mass is 16.5. The minimum absolute atomic E-state index is 0.354. The smallest absolute Gasteiger partial charge is 0.337 e. The predicted octanol–water partition coefficient (Wildman–Crippen LogP) is 2.43. The van der Waals surface area contributed by atoms with Crippen molar-refractivity contribution in [3.05, 3.63) is 42.2 Å². The van der Waals surface area contributed by atoms with Crippen molar-refractivity contribution in [2.45, 2.75) is 12.8 Å². The van der Waals surface area contributed by atoms with Gasteiger partial charge < -0.3 is 15.4 Å². The summed E-state index contributed by atoms with van der Waals surface area (Å²) >= 11 is 0. The molecule has 1 fully saturated rings. The number of carbonyl (C=O) groups is 1. The van der Waals surface area contributed by atoms with Crippen LogP contribution in [0.4, 0.5) is 5.82 Å². The standard InChI is InChI=1S/C22H27N5O2/c1-29-22(28)16-4-5-17-19-15-24-8-6-18(19)21(25-20(17)14-16)27-12-10-26(11-13-27)9-3-2-7-23/h4-6,8,14-15H,2-3,7,9-13,23H2,1H3. The summed E-state index contributed by atoms with van der Waals surface area (Å²) in [5, 5.41) is 3.13. The normalized spacial score (nSPS) is 15.2. The summed E-state index contributed by atoms with van der Waals surface area (Å²) in [5.41, 5.74) is 6.90. The molecule has 1 aliphatic heterocycles. The van der Waals surface area contributed by atoms with Gasteiger partial charge in [0.25, 0.3) is 0 Å². The lowest BCUT2D eigenvalue weighted by atomic mass is 10.1. The fourth-order valence-electron chi connectivity index (χ4n) is 3.98. The second-order valence-electron chi connectivity index (χ2n) is 7.40. The van der Waals surface area contributed by atoms with Crippen LogP contribution in [-0.4, -0.2) is 67.2 Å². The molecule has 1 aromatic carbocycles. The first-order chi connectivity index (χ1) is 14.2. The molecule has 3 heterocycles. The first-order valence-electron chi connectivity index (χ1n) is 10.1. The molecule has 1 saturated heterocycles. The van der Waals surface area contributed by atoms with Crippen molar-refractivity contribution in [2.24, 2.45) is 5.73 Å². The van der Waals surface area contributed by atoms with Crippen LogP contribution in [0.3, 0.4) is 0 Å². The minimum atomic E-state index is -0.354. The summed E-state index contributed by atoms with van der Waals surface area (Å²) in [4.78, 5) is 26.1. The lowest BCUT2D eigenvalue weighted by Gasteiger charge is -2.36. The number of fused-ring (bicyclic) bond motifs is 3. The van der Waals surface area contributed by atoms with Crippen LogP contribution in [0.25, 0.3) is 21.7 Å². The van der Waals surface area contributed by atoms with Crippen molar-refractivity contribution in [3.8, 4) is 0 Å². The fraction of sp³-hybridized carbons (Fsp3) is 0.409. The van der Waals surface area contributed by atoms with E-state index < -0.39 is 0 Å². The van der Waals surface area contributed by atoms with Crippen molar-refractivity contribution in [1.82, 2.24) is 14.9 Å². The molecule has 0 saturated carbocycles. The third-order valence-electron chi connectivity index (χ3n) is 5.60. The van der Waals surface area contributed by atoms with Gasteiger partial charge in [0.05, 0.1) is 18.2 Å². The van der Waals surface area contributed by atoms with Crippen molar-refractivity contribution >= 4 is 33.5 Å². The lowest BCUT2D eigenvalue weighted by Crippen LogP contribution is -2.47. The Kier molecular flexibility index (Phi) is 5.87. The lowest BCUT2D eigenvalue weighted by molar-refractivity contribution is 0.0601. The van der Waals surface area contributed by atoms with Gasteiger partial charge in [-0.05, 0) is 44.1 Å². The molecule has 4 rings (SSSR count). The minimum Gasteiger partial charge on any atom is -0.465 e. The SMILES string of the molecule is COC(=O)c1ccc2c(c1)nc(N1CCN(CCCCN)CC1)c1ccncc12. The first kappa shape index (κ1) is 19.5.